The van der Waals surface area contributed by atoms with Crippen molar-refractivity contribution in [1.29, 1.82) is 0 Å². The average molecular weight is 315 g/mol. The number of amides is 1. The van der Waals surface area contributed by atoms with E-state index in [2.05, 4.69) is 24.2 Å². The molecule has 1 aromatic carbocycles. The van der Waals surface area contributed by atoms with Crippen molar-refractivity contribution in [3.8, 4) is 0 Å². The van der Waals surface area contributed by atoms with Crippen LogP contribution in [-0.2, 0) is 13.0 Å². The van der Waals surface area contributed by atoms with E-state index in [0.717, 1.165) is 42.3 Å². The molecule has 0 spiro atoms. The quantitative estimate of drug-likeness (QED) is 0.870. The Labute approximate surface area is 135 Å². The van der Waals surface area contributed by atoms with Crippen LogP contribution < -0.4 is 0 Å². The average Bonchev–Trinajstić information content (AvgIpc) is 2.98. The second-order valence-electron chi connectivity index (χ2n) is 5.41. The predicted octanol–water partition coefficient (Wildman–Crippen LogP) is 2.68. The summed E-state index contributed by atoms with van der Waals surface area (Å²) in [5, 5.41) is 4.46. The van der Waals surface area contributed by atoms with Gasteiger partial charge in [-0.15, -0.1) is 0 Å². The second-order valence-corrected chi connectivity index (χ2v) is 6.63. The summed E-state index contributed by atoms with van der Waals surface area (Å²) >= 11 is 1.91. The maximum atomic E-state index is 12.7. The number of aromatic nitrogens is 2. The van der Waals surface area contributed by atoms with Gasteiger partial charge in [-0.3, -0.25) is 9.48 Å². The van der Waals surface area contributed by atoms with E-state index in [0.29, 0.717) is 6.54 Å². The van der Waals surface area contributed by atoms with Gasteiger partial charge in [0.1, 0.15) is 0 Å². The number of hydrogen-bond acceptors (Lipinski definition) is 3. The minimum atomic E-state index is 0.136. The van der Waals surface area contributed by atoms with Crippen molar-refractivity contribution >= 4 is 17.7 Å². The lowest BCUT2D eigenvalue weighted by atomic mass is 10.1. The maximum Gasteiger partial charge on any atom is 0.257 e. The predicted molar refractivity (Wildman–Crippen MR) is 90.4 cm³/mol. The zero-order valence-corrected chi connectivity index (χ0v) is 13.7. The van der Waals surface area contributed by atoms with Gasteiger partial charge in [-0.05, 0) is 12.0 Å². The molecule has 1 fully saturated rings. The van der Waals surface area contributed by atoms with Gasteiger partial charge in [-0.1, -0.05) is 37.3 Å². The van der Waals surface area contributed by atoms with Gasteiger partial charge in [0.25, 0.3) is 5.91 Å². The molecule has 22 heavy (non-hydrogen) atoms. The first-order chi connectivity index (χ1) is 10.8. The highest BCUT2D eigenvalue weighted by Gasteiger charge is 2.23. The van der Waals surface area contributed by atoms with E-state index in [1.54, 1.807) is 6.20 Å². The molecule has 1 saturated heterocycles. The first-order valence-electron chi connectivity index (χ1n) is 7.75. The Morgan fingerprint density at radius 1 is 1.23 bits per heavy atom. The van der Waals surface area contributed by atoms with Crippen LogP contribution >= 0.6 is 11.8 Å². The summed E-state index contributed by atoms with van der Waals surface area (Å²) in [6, 6.07) is 10.2. The van der Waals surface area contributed by atoms with Crippen molar-refractivity contribution in [2.24, 2.45) is 0 Å². The Morgan fingerprint density at radius 2 is 1.95 bits per heavy atom. The number of benzene rings is 1. The van der Waals surface area contributed by atoms with Crippen molar-refractivity contribution in [2.75, 3.05) is 24.6 Å². The largest absolute Gasteiger partial charge is 0.337 e. The van der Waals surface area contributed by atoms with Crippen LogP contribution in [0.2, 0.25) is 0 Å². The molecule has 2 aromatic rings. The third-order valence-corrected chi connectivity index (χ3v) is 4.93. The topological polar surface area (TPSA) is 38.1 Å². The minimum absolute atomic E-state index is 0.136. The summed E-state index contributed by atoms with van der Waals surface area (Å²) in [6.45, 7) is 4.49. The SMILES string of the molecule is CCc1c(C(=O)N2CCSCC2)cnn1Cc1ccccc1. The summed E-state index contributed by atoms with van der Waals surface area (Å²) < 4.78 is 1.96. The smallest absolute Gasteiger partial charge is 0.257 e. The Bertz CT molecular complexity index is 633. The molecule has 1 aromatic heterocycles. The molecule has 0 radical (unpaired) electrons. The Kier molecular flexibility index (Phi) is 4.83. The molecular weight excluding hydrogens is 294 g/mol. The molecular formula is C17H21N3OS. The standard InChI is InChI=1S/C17H21N3OS/c1-2-16-15(17(21)19-8-10-22-11-9-19)12-18-20(16)13-14-6-4-3-5-7-14/h3-7,12H,2,8-11,13H2,1H3. The molecule has 116 valence electrons. The first kappa shape index (κ1) is 15.2. The molecule has 0 unspecified atom stereocenters. The fourth-order valence-electron chi connectivity index (χ4n) is 2.79. The van der Waals surface area contributed by atoms with E-state index in [4.69, 9.17) is 0 Å². The number of nitrogens with zero attached hydrogens (tertiary/aromatic N) is 3. The van der Waals surface area contributed by atoms with Crippen molar-refractivity contribution in [3.05, 3.63) is 53.3 Å². The van der Waals surface area contributed by atoms with Crippen LogP contribution in [-0.4, -0.2) is 45.2 Å². The monoisotopic (exact) mass is 315 g/mol. The highest BCUT2D eigenvalue weighted by molar-refractivity contribution is 7.99. The van der Waals surface area contributed by atoms with Crippen LogP contribution in [0.3, 0.4) is 0 Å². The molecule has 4 nitrogen and oxygen atoms in total. The number of thioether (sulfide) groups is 1. The highest BCUT2D eigenvalue weighted by Crippen LogP contribution is 2.17. The zero-order valence-electron chi connectivity index (χ0n) is 12.9. The molecule has 2 heterocycles. The molecule has 5 heteroatoms. The van der Waals surface area contributed by atoms with Crippen molar-refractivity contribution in [1.82, 2.24) is 14.7 Å². The highest BCUT2D eigenvalue weighted by atomic mass is 32.2. The van der Waals surface area contributed by atoms with Gasteiger partial charge < -0.3 is 4.90 Å². The van der Waals surface area contributed by atoms with Crippen LogP contribution in [0.25, 0.3) is 0 Å². The Balaban J connectivity index is 1.82. The van der Waals surface area contributed by atoms with Crippen LogP contribution in [0.4, 0.5) is 0 Å². The number of carbonyl (C=O) groups is 1. The van der Waals surface area contributed by atoms with Gasteiger partial charge in [0.05, 0.1) is 24.0 Å². The number of carbonyl (C=O) groups excluding carboxylic acids is 1. The third-order valence-electron chi connectivity index (χ3n) is 3.99. The maximum absolute atomic E-state index is 12.7. The molecule has 0 bridgehead atoms. The second kappa shape index (κ2) is 7.01. The summed E-state index contributed by atoms with van der Waals surface area (Å²) in [5.74, 6) is 2.20. The minimum Gasteiger partial charge on any atom is -0.337 e. The number of rotatable bonds is 4. The van der Waals surface area contributed by atoms with Gasteiger partial charge in [0.15, 0.2) is 0 Å². The van der Waals surface area contributed by atoms with E-state index >= 15 is 0 Å². The molecule has 1 amide bonds. The van der Waals surface area contributed by atoms with E-state index < -0.39 is 0 Å². The van der Waals surface area contributed by atoms with E-state index in [9.17, 15) is 4.79 Å². The Hall–Kier alpha value is -1.75. The number of hydrogen-bond donors (Lipinski definition) is 0. The van der Waals surface area contributed by atoms with Crippen LogP contribution in [0.1, 0.15) is 28.5 Å². The van der Waals surface area contributed by atoms with Gasteiger partial charge in [-0.2, -0.15) is 16.9 Å². The Morgan fingerprint density at radius 3 is 2.64 bits per heavy atom. The van der Waals surface area contributed by atoms with E-state index in [1.807, 2.05) is 39.5 Å². The third kappa shape index (κ3) is 3.19. The summed E-state index contributed by atoms with van der Waals surface area (Å²) in [6.07, 6.45) is 2.56. The van der Waals surface area contributed by atoms with Gasteiger partial charge in [0.2, 0.25) is 0 Å². The zero-order chi connectivity index (χ0) is 15.4. The summed E-state index contributed by atoms with van der Waals surface area (Å²) in [5.41, 5.74) is 3.01. The fraction of sp³-hybridized carbons (Fsp3) is 0.412. The molecule has 0 saturated carbocycles. The first-order valence-corrected chi connectivity index (χ1v) is 8.90. The summed E-state index contributed by atoms with van der Waals surface area (Å²) in [7, 11) is 0. The van der Waals surface area contributed by atoms with E-state index in [-0.39, 0.29) is 5.91 Å². The molecule has 3 rings (SSSR count). The van der Waals surface area contributed by atoms with Crippen LogP contribution in [0.15, 0.2) is 36.5 Å². The van der Waals surface area contributed by atoms with Crippen molar-refractivity contribution in [3.63, 3.8) is 0 Å². The molecule has 0 N–H and O–H groups in total. The van der Waals surface area contributed by atoms with Crippen molar-refractivity contribution in [2.45, 2.75) is 19.9 Å². The van der Waals surface area contributed by atoms with Gasteiger partial charge >= 0.3 is 0 Å². The molecule has 0 aliphatic carbocycles. The van der Waals surface area contributed by atoms with Crippen LogP contribution in [0, 0.1) is 0 Å². The lowest BCUT2D eigenvalue weighted by molar-refractivity contribution is 0.0771. The summed E-state index contributed by atoms with van der Waals surface area (Å²) in [4.78, 5) is 14.7. The normalized spacial score (nSPS) is 15.0. The molecule has 1 aliphatic rings. The molecule has 1 aliphatic heterocycles. The van der Waals surface area contributed by atoms with Gasteiger partial charge in [-0.25, -0.2) is 0 Å². The van der Waals surface area contributed by atoms with E-state index in [1.165, 1.54) is 5.56 Å². The van der Waals surface area contributed by atoms with Crippen molar-refractivity contribution < 1.29 is 4.79 Å². The van der Waals surface area contributed by atoms with Gasteiger partial charge in [0, 0.05) is 24.6 Å². The van der Waals surface area contributed by atoms with Crippen LogP contribution in [0.5, 0.6) is 0 Å². The molecule has 0 atom stereocenters. The lowest BCUT2D eigenvalue weighted by Crippen LogP contribution is -2.38. The lowest BCUT2D eigenvalue weighted by Gasteiger charge is -2.26. The fourth-order valence-corrected chi connectivity index (χ4v) is 3.69.